The van der Waals surface area contributed by atoms with Crippen molar-refractivity contribution in [3.05, 3.63) is 51.9 Å². The summed E-state index contributed by atoms with van der Waals surface area (Å²) in [5.74, 6) is 0.0374. The van der Waals surface area contributed by atoms with E-state index < -0.39 is 11.6 Å². The molecule has 0 saturated carbocycles. The zero-order valence-electron chi connectivity index (χ0n) is 18.7. The zero-order valence-corrected chi connectivity index (χ0v) is 19.5. The van der Waals surface area contributed by atoms with E-state index in [1.165, 1.54) is 12.1 Å². The van der Waals surface area contributed by atoms with Gasteiger partial charge in [0.15, 0.2) is 0 Å². The van der Waals surface area contributed by atoms with Gasteiger partial charge in [-0.25, -0.2) is 13.6 Å². The molecule has 2 aliphatic heterocycles. The monoisotopic (exact) mass is 470 g/mol. The number of aromatic nitrogens is 2. The second kappa shape index (κ2) is 8.13. The number of carbonyl (C=O) groups excluding carboxylic acids is 1. The molecule has 5 rings (SSSR count). The summed E-state index contributed by atoms with van der Waals surface area (Å²) < 4.78 is 30.0. The molecule has 3 aromatic rings. The molecule has 0 N–H and O–H groups in total. The SMILES string of the molecule is CC(=O)N1CCN(c2nc(=O)n3c4c(c(-c5ccc(F)cc5F)c(C)cc24)SCC3)[C@@H](C)C1. The number of aryl methyl sites for hydroxylation is 2. The number of thioether (sulfide) groups is 1. The van der Waals surface area contributed by atoms with E-state index in [9.17, 15) is 18.4 Å². The molecule has 0 bridgehead atoms. The van der Waals surface area contributed by atoms with Crippen molar-refractivity contribution in [2.45, 2.75) is 38.3 Å². The van der Waals surface area contributed by atoms with E-state index in [1.54, 1.807) is 28.2 Å². The molecule has 0 aliphatic carbocycles. The smallest absolute Gasteiger partial charge is 0.350 e. The highest BCUT2D eigenvalue weighted by molar-refractivity contribution is 7.99. The Morgan fingerprint density at radius 2 is 1.97 bits per heavy atom. The highest BCUT2D eigenvalue weighted by atomic mass is 32.2. The summed E-state index contributed by atoms with van der Waals surface area (Å²) in [7, 11) is 0. The quantitative estimate of drug-likeness (QED) is 0.570. The molecular weight excluding hydrogens is 446 g/mol. The molecule has 0 spiro atoms. The predicted octanol–water partition coefficient (Wildman–Crippen LogP) is 3.81. The number of amides is 1. The Labute approximate surface area is 194 Å². The number of benzene rings is 2. The second-order valence-corrected chi connectivity index (χ2v) is 9.75. The number of piperazine rings is 1. The van der Waals surface area contributed by atoms with Crippen LogP contribution in [0.3, 0.4) is 0 Å². The number of hydrogen-bond acceptors (Lipinski definition) is 5. The van der Waals surface area contributed by atoms with Gasteiger partial charge < -0.3 is 9.80 Å². The molecule has 0 unspecified atom stereocenters. The molecule has 172 valence electrons. The minimum atomic E-state index is -0.628. The average molecular weight is 471 g/mol. The number of nitrogens with zero attached hydrogens (tertiary/aromatic N) is 4. The number of rotatable bonds is 2. The topological polar surface area (TPSA) is 58.4 Å². The molecule has 2 aliphatic rings. The van der Waals surface area contributed by atoms with Crippen LogP contribution in [0.1, 0.15) is 19.4 Å². The van der Waals surface area contributed by atoms with Gasteiger partial charge in [0.2, 0.25) is 5.91 Å². The molecule has 33 heavy (non-hydrogen) atoms. The maximum absolute atomic E-state index is 14.8. The average Bonchev–Trinajstić information content (AvgIpc) is 2.77. The van der Waals surface area contributed by atoms with Crippen LogP contribution in [0.2, 0.25) is 0 Å². The lowest BCUT2D eigenvalue weighted by molar-refractivity contribution is -0.129. The minimum absolute atomic E-state index is 0.0119. The Hall–Kier alpha value is -2.94. The number of hydrogen-bond donors (Lipinski definition) is 0. The van der Waals surface area contributed by atoms with Crippen molar-refractivity contribution in [3.63, 3.8) is 0 Å². The molecule has 1 saturated heterocycles. The van der Waals surface area contributed by atoms with Crippen molar-refractivity contribution < 1.29 is 13.6 Å². The standard InChI is InChI=1S/C24H24F2N4O2S/c1-13-10-18-21-22(20(13)17-5-4-16(25)11-19(17)26)33-9-8-30(21)24(32)27-23(18)29-7-6-28(15(3)31)12-14(29)2/h4-5,10-11,14H,6-9,12H2,1-3H3/t14-/m0/s1. The number of carbonyl (C=O) groups is 1. The molecule has 1 aromatic heterocycles. The first-order valence-corrected chi connectivity index (χ1v) is 11.9. The second-order valence-electron chi connectivity index (χ2n) is 8.64. The first kappa shape index (κ1) is 21.9. The summed E-state index contributed by atoms with van der Waals surface area (Å²) in [6.45, 7) is 7.69. The lowest BCUT2D eigenvalue weighted by atomic mass is 9.97. The molecular formula is C24H24F2N4O2S. The van der Waals surface area contributed by atoms with E-state index in [2.05, 4.69) is 9.88 Å². The molecule has 9 heteroatoms. The Morgan fingerprint density at radius 3 is 2.67 bits per heavy atom. The van der Waals surface area contributed by atoms with Gasteiger partial charge in [0.05, 0.1) is 5.52 Å². The van der Waals surface area contributed by atoms with Gasteiger partial charge in [0.1, 0.15) is 17.5 Å². The number of halogens is 2. The molecule has 1 fully saturated rings. The lowest BCUT2D eigenvalue weighted by Crippen LogP contribution is -2.54. The van der Waals surface area contributed by atoms with Crippen LogP contribution in [-0.4, -0.2) is 51.8 Å². The zero-order chi connectivity index (χ0) is 23.4. The van der Waals surface area contributed by atoms with Crippen molar-refractivity contribution >= 4 is 34.4 Å². The summed E-state index contributed by atoms with van der Waals surface area (Å²) in [5.41, 5.74) is 2.24. The highest BCUT2D eigenvalue weighted by Gasteiger charge is 2.30. The summed E-state index contributed by atoms with van der Waals surface area (Å²) in [6, 6.07) is 5.54. The lowest BCUT2D eigenvalue weighted by Gasteiger charge is -2.41. The van der Waals surface area contributed by atoms with Crippen LogP contribution in [0.15, 0.2) is 34.0 Å². The molecule has 3 heterocycles. The Bertz CT molecular complexity index is 1360. The van der Waals surface area contributed by atoms with Crippen molar-refractivity contribution in [2.24, 2.45) is 0 Å². The fourth-order valence-electron chi connectivity index (χ4n) is 4.91. The van der Waals surface area contributed by atoms with Gasteiger partial charge in [-0.3, -0.25) is 9.36 Å². The maximum Gasteiger partial charge on any atom is 0.350 e. The van der Waals surface area contributed by atoms with Gasteiger partial charge in [0, 0.05) is 72.4 Å². The van der Waals surface area contributed by atoms with E-state index in [1.807, 2.05) is 19.9 Å². The summed E-state index contributed by atoms with van der Waals surface area (Å²) in [4.78, 5) is 34.1. The van der Waals surface area contributed by atoms with Crippen LogP contribution in [0.4, 0.5) is 14.6 Å². The largest absolute Gasteiger partial charge is 0.350 e. The van der Waals surface area contributed by atoms with Gasteiger partial charge >= 0.3 is 5.69 Å². The number of anilines is 1. The van der Waals surface area contributed by atoms with Crippen LogP contribution in [0.5, 0.6) is 0 Å². The first-order valence-electron chi connectivity index (χ1n) is 10.9. The summed E-state index contributed by atoms with van der Waals surface area (Å²) in [6.07, 6.45) is 0. The van der Waals surface area contributed by atoms with Gasteiger partial charge in [-0.05, 0) is 37.6 Å². The third kappa shape index (κ3) is 3.58. The van der Waals surface area contributed by atoms with Crippen molar-refractivity contribution in [2.75, 3.05) is 30.3 Å². The van der Waals surface area contributed by atoms with E-state index in [0.717, 1.165) is 27.4 Å². The Balaban J connectivity index is 1.74. The third-order valence-electron chi connectivity index (χ3n) is 6.50. The fraction of sp³-hybridized carbons (Fsp3) is 0.375. The summed E-state index contributed by atoms with van der Waals surface area (Å²) >= 11 is 1.58. The Kier molecular flexibility index (Phi) is 5.39. The first-order chi connectivity index (χ1) is 15.8. The minimum Gasteiger partial charge on any atom is -0.350 e. The maximum atomic E-state index is 14.8. The predicted molar refractivity (Wildman–Crippen MR) is 126 cm³/mol. The summed E-state index contributed by atoms with van der Waals surface area (Å²) in [5, 5.41) is 0.837. The van der Waals surface area contributed by atoms with Crippen molar-refractivity contribution in [1.29, 1.82) is 0 Å². The fourth-order valence-corrected chi connectivity index (χ4v) is 6.16. The third-order valence-corrected chi connectivity index (χ3v) is 7.58. The van der Waals surface area contributed by atoms with E-state index >= 15 is 0 Å². The van der Waals surface area contributed by atoms with E-state index in [-0.39, 0.29) is 17.6 Å². The molecule has 0 radical (unpaired) electrons. The van der Waals surface area contributed by atoms with Gasteiger partial charge in [-0.2, -0.15) is 4.98 Å². The van der Waals surface area contributed by atoms with Crippen molar-refractivity contribution in [1.82, 2.24) is 14.5 Å². The van der Waals surface area contributed by atoms with Gasteiger partial charge in [-0.1, -0.05) is 0 Å². The molecule has 1 amide bonds. The van der Waals surface area contributed by atoms with Crippen LogP contribution in [0.25, 0.3) is 22.0 Å². The molecule has 6 nitrogen and oxygen atoms in total. The van der Waals surface area contributed by atoms with Gasteiger partial charge in [0.25, 0.3) is 0 Å². The van der Waals surface area contributed by atoms with Crippen LogP contribution >= 0.6 is 11.8 Å². The normalized spacial score (nSPS) is 18.2. The van der Waals surface area contributed by atoms with Crippen LogP contribution < -0.4 is 10.6 Å². The molecule has 2 aromatic carbocycles. The van der Waals surface area contributed by atoms with Crippen LogP contribution in [-0.2, 0) is 11.3 Å². The molecule has 1 atom stereocenters. The van der Waals surface area contributed by atoms with Crippen molar-refractivity contribution in [3.8, 4) is 11.1 Å². The Morgan fingerprint density at radius 1 is 1.18 bits per heavy atom. The van der Waals surface area contributed by atoms with Crippen LogP contribution in [0, 0.1) is 18.6 Å². The van der Waals surface area contributed by atoms with E-state index in [4.69, 9.17) is 0 Å². The van der Waals surface area contributed by atoms with E-state index in [0.29, 0.717) is 48.9 Å². The van der Waals surface area contributed by atoms with Gasteiger partial charge in [-0.15, -0.1) is 11.8 Å². The highest BCUT2D eigenvalue weighted by Crippen LogP contribution is 2.44.